The van der Waals surface area contributed by atoms with E-state index in [0.29, 0.717) is 23.6 Å². The molecule has 0 atom stereocenters. The molecule has 1 aliphatic heterocycles. The topological polar surface area (TPSA) is 46.6 Å². The predicted molar refractivity (Wildman–Crippen MR) is 98.8 cm³/mol. The van der Waals surface area contributed by atoms with Crippen molar-refractivity contribution in [1.29, 1.82) is 0 Å². The van der Waals surface area contributed by atoms with E-state index in [0.717, 1.165) is 16.0 Å². The van der Waals surface area contributed by atoms with E-state index < -0.39 is 11.8 Å². The summed E-state index contributed by atoms with van der Waals surface area (Å²) in [5, 5.41) is -0.0567. The fourth-order valence-corrected chi connectivity index (χ4v) is 3.21. The number of rotatable bonds is 4. The Labute approximate surface area is 151 Å². The van der Waals surface area contributed by atoms with E-state index in [-0.39, 0.29) is 10.6 Å². The molecular formula is C20H18ClNO3. The second kappa shape index (κ2) is 6.73. The number of nitrogens with zero attached hydrogens (tertiary/aromatic N) is 1. The maximum absolute atomic E-state index is 13.0. The molecule has 2 aromatic carbocycles. The summed E-state index contributed by atoms with van der Waals surface area (Å²) in [6.07, 6.45) is 0. The third kappa shape index (κ3) is 3.05. The Kier molecular flexibility index (Phi) is 4.64. The van der Waals surface area contributed by atoms with Gasteiger partial charge in [0.1, 0.15) is 10.8 Å². The van der Waals surface area contributed by atoms with Crippen LogP contribution in [-0.4, -0.2) is 18.4 Å². The second-order valence-corrected chi connectivity index (χ2v) is 6.26. The Morgan fingerprint density at radius 3 is 2.48 bits per heavy atom. The molecule has 5 heteroatoms. The Morgan fingerprint density at radius 1 is 1.04 bits per heavy atom. The van der Waals surface area contributed by atoms with Crippen LogP contribution in [0.2, 0.25) is 0 Å². The number of carbonyl (C=O) groups is 2. The van der Waals surface area contributed by atoms with Crippen molar-refractivity contribution in [2.75, 3.05) is 11.5 Å². The van der Waals surface area contributed by atoms with Crippen LogP contribution in [0.15, 0.2) is 47.5 Å². The fraction of sp³-hybridized carbons (Fsp3) is 0.200. The smallest absolute Gasteiger partial charge is 0.277 e. The molecule has 0 N–H and O–H groups in total. The van der Waals surface area contributed by atoms with Gasteiger partial charge in [0.15, 0.2) is 0 Å². The van der Waals surface area contributed by atoms with Crippen LogP contribution in [0.4, 0.5) is 5.69 Å². The molecule has 0 fully saturated rings. The van der Waals surface area contributed by atoms with E-state index in [1.54, 1.807) is 24.3 Å². The first-order valence-corrected chi connectivity index (χ1v) is 8.41. The number of aryl methyl sites for hydroxylation is 2. The largest absolute Gasteiger partial charge is 0.494 e. The molecule has 0 aliphatic carbocycles. The van der Waals surface area contributed by atoms with Gasteiger partial charge < -0.3 is 4.74 Å². The van der Waals surface area contributed by atoms with Crippen molar-refractivity contribution in [3.05, 3.63) is 64.2 Å². The normalized spacial score (nSPS) is 14.5. The lowest BCUT2D eigenvalue weighted by Gasteiger charge is -2.16. The SMILES string of the molecule is CCOc1cccc(N2C(=O)C(Cl)=C(c3ccc(C)cc3C)C2=O)c1. The molecule has 0 radical (unpaired) electrons. The third-order valence-electron chi connectivity index (χ3n) is 4.07. The van der Waals surface area contributed by atoms with Gasteiger partial charge in [0, 0.05) is 6.07 Å². The Morgan fingerprint density at radius 2 is 1.80 bits per heavy atom. The van der Waals surface area contributed by atoms with Crippen LogP contribution >= 0.6 is 11.6 Å². The molecule has 0 aromatic heterocycles. The summed E-state index contributed by atoms with van der Waals surface area (Å²) in [4.78, 5) is 26.7. The monoisotopic (exact) mass is 355 g/mol. The van der Waals surface area contributed by atoms with E-state index in [1.165, 1.54) is 0 Å². The molecule has 0 spiro atoms. The molecule has 128 valence electrons. The average molecular weight is 356 g/mol. The van der Waals surface area contributed by atoms with E-state index in [4.69, 9.17) is 16.3 Å². The molecular weight excluding hydrogens is 338 g/mol. The quantitative estimate of drug-likeness (QED) is 0.771. The first kappa shape index (κ1) is 17.2. The van der Waals surface area contributed by atoms with E-state index in [1.807, 2.05) is 39.0 Å². The molecule has 4 nitrogen and oxygen atoms in total. The van der Waals surface area contributed by atoms with Crippen LogP contribution in [0.25, 0.3) is 5.57 Å². The lowest BCUT2D eigenvalue weighted by atomic mass is 9.99. The van der Waals surface area contributed by atoms with Crippen LogP contribution in [0.3, 0.4) is 0 Å². The van der Waals surface area contributed by atoms with Gasteiger partial charge >= 0.3 is 0 Å². The number of halogens is 1. The summed E-state index contributed by atoms with van der Waals surface area (Å²) in [5.74, 6) is -0.345. The van der Waals surface area contributed by atoms with Crippen LogP contribution in [-0.2, 0) is 9.59 Å². The van der Waals surface area contributed by atoms with Crippen LogP contribution in [0.5, 0.6) is 5.75 Å². The molecule has 0 saturated heterocycles. The highest BCUT2D eigenvalue weighted by atomic mass is 35.5. The summed E-state index contributed by atoms with van der Waals surface area (Å²) in [6.45, 7) is 6.24. The molecule has 0 unspecified atom stereocenters. The molecule has 2 aromatic rings. The Balaban J connectivity index is 2.03. The summed E-state index contributed by atoms with van der Waals surface area (Å²) in [6, 6.07) is 12.6. The van der Waals surface area contributed by atoms with E-state index in [9.17, 15) is 9.59 Å². The standard InChI is InChI=1S/C20H18ClNO3/c1-4-25-15-7-5-6-14(11-15)22-19(23)17(18(21)20(22)24)16-9-8-12(2)10-13(16)3/h5-11H,4H2,1-3H3. The Hall–Kier alpha value is -2.59. The van der Waals surface area contributed by atoms with Gasteiger partial charge in [-0.15, -0.1) is 0 Å². The number of amides is 2. The minimum Gasteiger partial charge on any atom is -0.494 e. The van der Waals surface area contributed by atoms with Crippen molar-refractivity contribution in [1.82, 2.24) is 0 Å². The van der Waals surface area contributed by atoms with Gasteiger partial charge in [-0.2, -0.15) is 0 Å². The zero-order valence-electron chi connectivity index (χ0n) is 14.3. The summed E-state index contributed by atoms with van der Waals surface area (Å²) >= 11 is 6.25. The number of benzene rings is 2. The highest BCUT2D eigenvalue weighted by Crippen LogP contribution is 2.37. The van der Waals surface area contributed by atoms with Gasteiger partial charge in [-0.25, -0.2) is 4.90 Å². The van der Waals surface area contributed by atoms with Gasteiger partial charge in [0.25, 0.3) is 11.8 Å². The van der Waals surface area contributed by atoms with Crippen molar-refractivity contribution in [2.45, 2.75) is 20.8 Å². The summed E-state index contributed by atoms with van der Waals surface area (Å²) < 4.78 is 5.45. The van der Waals surface area contributed by atoms with E-state index in [2.05, 4.69) is 0 Å². The summed E-state index contributed by atoms with van der Waals surface area (Å²) in [5.41, 5.74) is 3.34. The predicted octanol–water partition coefficient (Wildman–Crippen LogP) is 4.23. The van der Waals surface area contributed by atoms with Gasteiger partial charge in [0.05, 0.1) is 17.9 Å². The minimum absolute atomic E-state index is 0.0567. The highest BCUT2D eigenvalue weighted by Gasteiger charge is 2.39. The first-order chi connectivity index (χ1) is 11.9. The van der Waals surface area contributed by atoms with Crippen LogP contribution in [0, 0.1) is 13.8 Å². The lowest BCUT2D eigenvalue weighted by Crippen LogP contribution is -2.31. The number of hydrogen-bond acceptors (Lipinski definition) is 3. The number of hydrogen-bond donors (Lipinski definition) is 0. The Bertz CT molecular complexity index is 902. The van der Waals surface area contributed by atoms with Crippen molar-refractivity contribution < 1.29 is 14.3 Å². The van der Waals surface area contributed by atoms with Crippen LogP contribution < -0.4 is 9.64 Å². The second-order valence-electron chi connectivity index (χ2n) is 5.88. The van der Waals surface area contributed by atoms with Crippen molar-refractivity contribution in [3.63, 3.8) is 0 Å². The lowest BCUT2D eigenvalue weighted by molar-refractivity contribution is -0.119. The highest BCUT2D eigenvalue weighted by molar-refractivity contribution is 6.60. The number of carbonyl (C=O) groups excluding carboxylic acids is 2. The zero-order valence-corrected chi connectivity index (χ0v) is 15.1. The number of imide groups is 1. The average Bonchev–Trinajstić information content (AvgIpc) is 2.78. The zero-order chi connectivity index (χ0) is 18.1. The molecule has 0 bridgehead atoms. The number of ether oxygens (including phenoxy) is 1. The fourth-order valence-electron chi connectivity index (χ4n) is 2.94. The first-order valence-electron chi connectivity index (χ1n) is 8.03. The molecule has 2 amide bonds. The van der Waals surface area contributed by atoms with Crippen LogP contribution in [0.1, 0.15) is 23.6 Å². The van der Waals surface area contributed by atoms with Gasteiger partial charge in [-0.1, -0.05) is 41.4 Å². The molecule has 25 heavy (non-hydrogen) atoms. The molecule has 1 heterocycles. The maximum atomic E-state index is 13.0. The summed E-state index contributed by atoms with van der Waals surface area (Å²) in [7, 11) is 0. The van der Waals surface area contributed by atoms with Crippen molar-refractivity contribution in [3.8, 4) is 5.75 Å². The molecule has 3 rings (SSSR count). The van der Waals surface area contributed by atoms with Gasteiger partial charge in [-0.05, 0) is 44.0 Å². The van der Waals surface area contributed by atoms with Gasteiger partial charge in [-0.3, -0.25) is 9.59 Å². The van der Waals surface area contributed by atoms with E-state index >= 15 is 0 Å². The molecule has 0 saturated carbocycles. The number of anilines is 1. The third-order valence-corrected chi connectivity index (χ3v) is 4.42. The molecule has 1 aliphatic rings. The minimum atomic E-state index is -0.518. The van der Waals surface area contributed by atoms with Crippen molar-refractivity contribution in [2.24, 2.45) is 0 Å². The van der Waals surface area contributed by atoms with Gasteiger partial charge in [0.2, 0.25) is 0 Å². The maximum Gasteiger partial charge on any atom is 0.277 e. The van der Waals surface area contributed by atoms with Crippen molar-refractivity contribution >= 4 is 34.7 Å².